The topological polar surface area (TPSA) is 42.3 Å². The summed E-state index contributed by atoms with van der Waals surface area (Å²) >= 11 is 18.8. The molecular formula is C28H26Cl2N4OS. The summed E-state index contributed by atoms with van der Waals surface area (Å²) in [5.41, 5.74) is 7.46. The number of halogens is 2. The second-order valence-corrected chi connectivity index (χ2v) is 10.1. The van der Waals surface area contributed by atoms with Gasteiger partial charge in [-0.15, -0.1) is 0 Å². The van der Waals surface area contributed by atoms with E-state index in [1.54, 1.807) is 7.11 Å². The van der Waals surface area contributed by atoms with Gasteiger partial charge >= 0.3 is 0 Å². The molecule has 0 amide bonds. The summed E-state index contributed by atoms with van der Waals surface area (Å²) in [4.78, 5) is 6.82. The fourth-order valence-electron chi connectivity index (χ4n) is 5.18. The average molecular weight is 538 g/mol. The third kappa shape index (κ3) is 4.13. The van der Waals surface area contributed by atoms with Crippen LogP contribution in [0.4, 0.5) is 5.69 Å². The summed E-state index contributed by atoms with van der Waals surface area (Å²) in [6, 6.07) is 19.3. The van der Waals surface area contributed by atoms with Crippen molar-refractivity contribution in [2.24, 2.45) is 0 Å². The largest absolute Gasteiger partial charge is 0.495 e. The third-order valence-corrected chi connectivity index (χ3v) is 7.73. The van der Waals surface area contributed by atoms with Crippen LogP contribution < -0.4 is 15.0 Å². The lowest BCUT2D eigenvalue weighted by atomic mass is 9.93. The first kappa shape index (κ1) is 24.6. The second kappa shape index (κ2) is 9.77. The van der Waals surface area contributed by atoms with Crippen LogP contribution in [-0.2, 0) is 0 Å². The Bertz CT molecular complexity index is 1450. The molecule has 36 heavy (non-hydrogen) atoms. The van der Waals surface area contributed by atoms with E-state index in [1.807, 2.05) is 60.8 Å². The molecule has 0 spiro atoms. The number of methoxy groups -OCH3 is 1. The van der Waals surface area contributed by atoms with Crippen LogP contribution >= 0.6 is 35.4 Å². The highest BCUT2D eigenvalue weighted by atomic mass is 35.5. The maximum Gasteiger partial charge on any atom is 0.174 e. The van der Waals surface area contributed by atoms with Crippen molar-refractivity contribution >= 4 is 46.2 Å². The molecule has 0 bridgehead atoms. The van der Waals surface area contributed by atoms with Crippen molar-refractivity contribution in [3.8, 4) is 11.4 Å². The SMILES string of the molecule is COc1ccc(N2C(=S)N[C@@H](c3ccccn3)[C@H]2c2c(C)c(C)n(-c3cccc(Cl)c3)c2C)cc1Cl. The lowest BCUT2D eigenvalue weighted by molar-refractivity contribution is 0.415. The summed E-state index contributed by atoms with van der Waals surface area (Å²) < 4.78 is 7.64. The highest BCUT2D eigenvalue weighted by molar-refractivity contribution is 7.80. The molecule has 3 heterocycles. The van der Waals surface area contributed by atoms with Gasteiger partial charge in [0.05, 0.1) is 29.9 Å². The van der Waals surface area contributed by atoms with Crippen LogP contribution in [0.25, 0.3) is 5.69 Å². The number of ether oxygens (including phenoxy) is 1. The van der Waals surface area contributed by atoms with Crippen molar-refractivity contribution in [3.63, 3.8) is 0 Å². The maximum atomic E-state index is 6.55. The Morgan fingerprint density at radius 3 is 2.42 bits per heavy atom. The highest BCUT2D eigenvalue weighted by Gasteiger charge is 2.43. The van der Waals surface area contributed by atoms with Gasteiger partial charge in [-0.2, -0.15) is 0 Å². The van der Waals surface area contributed by atoms with E-state index in [1.165, 1.54) is 11.1 Å². The summed E-state index contributed by atoms with van der Waals surface area (Å²) in [5, 5.41) is 5.38. The molecule has 0 saturated carbocycles. The second-order valence-electron chi connectivity index (χ2n) is 8.84. The van der Waals surface area contributed by atoms with Crippen LogP contribution in [0.15, 0.2) is 66.9 Å². The van der Waals surface area contributed by atoms with E-state index in [0.717, 1.165) is 28.5 Å². The predicted octanol–water partition coefficient (Wildman–Crippen LogP) is 7.29. The minimum absolute atomic E-state index is 0.156. The lowest BCUT2D eigenvalue weighted by Gasteiger charge is -2.29. The molecule has 4 aromatic rings. The summed E-state index contributed by atoms with van der Waals surface area (Å²) in [6.45, 7) is 6.44. The Morgan fingerprint density at radius 1 is 0.944 bits per heavy atom. The van der Waals surface area contributed by atoms with Crippen molar-refractivity contribution in [2.75, 3.05) is 12.0 Å². The number of thiocarbonyl (C=S) groups is 1. The summed E-state index contributed by atoms with van der Waals surface area (Å²) in [6.07, 6.45) is 1.81. The van der Waals surface area contributed by atoms with Crippen molar-refractivity contribution in [1.82, 2.24) is 14.9 Å². The van der Waals surface area contributed by atoms with Crippen molar-refractivity contribution in [2.45, 2.75) is 32.9 Å². The van der Waals surface area contributed by atoms with E-state index in [2.05, 4.69) is 46.6 Å². The van der Waals surface area contributed by atoms with Gasteiger partial charge in [0.2, 0.25) is 0 Å². The van der Waals surface area contributed by atoms with E-state index in [-0.39, 0.29) is 12.1 Å². The molecule has 1 fully saturated rings. The van der Waals surface area contributed by atoms with E-state index >= 15 is 0 Å². The molecule has 1 aliphatic rings. The first-order chi connectivity index (χ1) is 17.3. The molecule has 5 rings (SSSR count). The van der Waals surface area contributed by atoms with Crippen LogP contribution in [0.3, 0.4) is 0 Å². The number of benzene rings is 2. The molecule has 1 aliphatic heterocycles. The Labute approximate surface area is 226 Å². The third-order valence-electron chi connectivity index (χ3n) is 6.88. The normalized spacial score (nSPS) is 17.4. The van der Waals surface area contributed by atoms with E-state index in [9.17, 15) is 0 Å². The molecule has 8 heteroatoms. The van der Waals surface area contributed by atoms with E-state index in [4.69, 9.17) is 40.2 Å². The number of hydrogen-bond acceptors (Lipinski definition) is 3. The fourth-order valence-corrected chi connectivity index (χ4v) is 5.96. The minimum Gasteiger partial charge on any atom is -0.495 e. The number of nitrogens with zero attached hydrogens (tertiary/aromatic N) is 3. The zero-order valence-corrected chi connectivity index (χ0v) is 22.7. The fraction of sp³-hybridized carbons (Fsp3) is 0.214. The number of rotatable bonds is 5. The molecule has 1 N–H and O–H groups in total. The predicted molar refractivity (Wildman–Crippen MR) is 151 cm³/mol. The van der Waals surface area contributed by atoms with Gasteiger partial charge in [0.25, 0.3) is 0 Å². The molecule has 0 radical (unpaired) electrons. The Kier molecular flexibility index (Phi) is 6.68. The number of aromatic nitrogens is 2. The number of anilines is 1. The highest BCUT2D eigenvalue weighted by Crippen LogP contribution is 2.46. The van der Waals surface area contributed by atoms with Gasteiger partial charge in [-0.1, -0.05) is 35.3 Å². The van der Waals surface area contributed by atoms with Crippen molar-refractivity contribution in [3.05, 3.63) is 105 Å². The van der Waals surface area contributed by atoms with Crippen LogP contribution in [0.2, 0.25) is 10.0 Å². The number of hydrogen-bond donors (Lipinski definition) is 1. The zero-order chi connectivity index (χ0) is 25.6. The van der Waals surface area contributed by atoms with Gasteiger partial charge in [0, 0.05) is 39.5 Å². The molecule has 2 aromatic heterocycles. The van der Waals surface area contributed by atoms with Crippen molar-refractivity contribution < 1.29 is 4.74 Å². The van der Waals surface area contributed by atoms with E-state index in [0.29, 0.717) is 20.9 Å². The lowest BCUT2D eigenvalue weighted by Crippen LogP contribution is -2.29. The summed E-state index contributed by atoms with van der Waals surface area (Å²) in [5.74, 6) is 0.617. The summed E-state index contributed by atoms with van der Waals surface area (Å²) in [7, 11) is 1.61. The number of pyridine rings is 1. The Balaban J connectivity index is 1.73. The smallest absolute Gasteiger partial charge is 0.174 e. The van der Waals surface area contributed by atoms with Gasteiger partial charge in [-0.25, -0.2) is 0 Å². The first-order valence-corrected chi connectivity index (χ1v) is 12.8. The zero-order valence-electron chi connectivity index (χ0n) is 20.4. The van der Waals surface area contributed by atoms with Crippen LogP contribution in [0, 0.1) is 20.8 Å². The van der Waals surface area contributed by atoms with Crippen LogP contribution in [-0.4, -0.2) is 21.8 Å². The quantitative estimate of drug-likeness (QED) is 0.271. The molecule has 0 aliphatic carbocycles. The van der Waals surface area contributed by atoms with Gasteiger partial charge < -0.3 is 19.5 Å². The molecule has 2 atom stereocenters. The molecule has 184 valence electrons. The average Bonchev–Trinajstić information content (AvgIpc) is 3.31. The van der Waals surface area contributed by atoms with Gasteiger partial charge in [0.15, 0.2) is 5.11 Å². The molecule has 0 unspecified atom stereocenters. The molecule has 5 nitrogen and oxygen atoms in total. The molecule has 2 aromatic carbocycles. The minimum atomic E-state index is -0.161. The first-order valence-electron chi connectivity index (χ1n) is 11.6. The van der Waals surface area contributed by atoms with Crippen LogP contribution in [0.5, 0.6) is 5.75 Å². The molecule has 1 saturated heterocycles. The monoisotopic (exact) mass is 536 g/mol. The van der Waals surface area contributed by atoms with Crippen molar-refractivity contribution in [1.29, 1.82) is 0 Å². The Hall–Kier alpha value is -3.06. The van der Waals surface area contributed by atoms with Gasteiger partial charge in [-0.05, 0) is 87.1 Å². The van der Waals surface area contributed by atoms with Gasteiger partial charge in [0.1, 0.15) is 5.75 Å². The van der Waals surface area contributed by atoms with Gasteiger partial charge in [-0.3, -0.25) is 4.98 Å². The Morgan fingerprint density at radius 2 is 1.75 bits per heavy atom. The standard InChI is InChI=1S/C28H26Cl2N4OS/c1-16-17(2)33(20-9-7-8-19(29)14-20)18(3)25(16)27-26(23-10-5-6-13-31-23)32-28(36)34(27)21-11-12-24(35-4)22(30)15-21/h5-15,26-27H,1-4H3,(H,32,36)/t26-,27+/m0/s1. The van der Waals surface area contributed by atoms with E-state index < -0.39 is 0 Å². The number of nitrogens with one attached hydrogen (secondary N) is 1. The van der Waals surface area contributed by atoms with Crippen LogP contribution in [0.1, 0.15) is 40.3 Å². The maximum absolute atomic E-state index is 6.55. The molecular weight excluding hydrogens is 511 g/mol.